The van der Waals surface area contributed by atoms with Crippen LogP contribution in [-0.4, -0.2) is 40.3 Å². The molecule has 0 N–H and O–H groups in total. The van der Waals surface area contributed by atoms with Crippen molar-refractivity contribution in [1.29, 1.82) is 0 Å². The topological polar surface area (TPSA) is 81.2 Å². The van der Waals surface area contributed by atoms with Crippen LogP contribution in [0.25, 0.3) is 22.6 Å². The third-order valence-corrected chi connectivity index (χ3v) is 8.29. The van der Waals surface area contributed by atoms with Gasteiger partial charge in [-0.1, -0.05) is 6.07 Å². The molecule has 0 radical (unpaired) electrons. The highest BCUT2D eigenvalue weighted by Crippen LogP contribution is 2.35. The lowest BCUT2D eigenvalue weighted by molar-refractivity contribution is 0.455. The fourth-order valence-electron chi connectivity index (χ4n) is 4.87. The van der Waals surface area contributed by atoms with E-state index in [0.29, 0.717) is 24.4 Å². The zero-order chi connectivity index (χ0) is 21.0. The smallest absolute Gasteiger partial charge is 0.243 e. The summed E-state index contributed by atoms with van der Waals surface area (Å²) in [6, 6.07) is 11.2. The molecular formula is C23H22N4O3S. The zero-order valence-corrected chi connectivity index (χ0v) is 17.8. The number of hydrogen-bond acceptors (Lipinski definition) is 5. The number of nitrogens with zero attached hydrogens (tertiary/aromatic N) is 4. The van der Waals surface area contributed by atoms with Crippen molar-refractivity contribution in [3.8, 4) is 11.4 Å². The minimum absolute atomic E-state index is 0.0472. The summed E-state index contributed by atoms with van der Waals surface area (Å²) in [5.74, 6) is 0.754. The van der Waals surface area contributed by atoms with Gasteiger partial charge in [0.05, 0.1) is 22.8 Å². The highest BCUT2D eigenvalue weighted by atomic mass is 32.2. The van der Waals surface area contributed by atoms with E-state index in [0.717, 1.165) is 41.8 Å². The Hall–Kier alpha value is -2.97. The Kier molecular flexibility index (Phi) is 4.26. The molecule has 0 bridgehead atoms. The molecule has 1 aliphatic heterocycles. The second-order valence-electron chi connectivity index (χ2n) is 8.25. The van der Waals surface area contributed by atoms with Crippen molar-refractivity contribution in [2.24, 2.45) is 0 Å². The molecule has 8 heteroatoms. The lowest BCUT2D eigenvalue weighted by Crippen LogP contribution is -2.29. The number of hydrogen-bond donors (Lipinski definition) is 0. The first kappa shape index (κ1) is 18.8. The molecule has 7 nitrogen and oxygen atoms in total. The third kappa shape index (κ3) is 3.01. The Labute approximate surface area is 180 Å². The first-order valence-electron chi connectivity index (χ1n) is 10.6. The van der Waals surface area contributed by atoms with Gasteiger partial charge in [0.25, 0.3) is 0 Å². The minimum Gasteiger partial charge on any atom is -0.472 e. The number of aromatic nitrogens is 3. The highest BCUT2D eigenvalue weighted by molar-refractivity contribution is 7.89. The summed E-state index contributed by atoms with van der Waals surface area (Å²) in [6.45, 7) is 0.869. The van der Waals surface area contributed by atoms with Gasteiger partial charge in [-0.2, -0.15) is 4.31 Å². The maximum absolute atomic E-state index is 13.4. The van der Waals surface area contributed by atoms with Gasteiger partial charge in [-0.05, 0) is 67.1 Å². The van der Waals surface area contributed by atoms with Crippen LogP contribution in [0.3, 0.4) is 0 Å². The van der Waals surface area contributed by atoms with Gasteiger partial charge in [0.2, 0.25) is 10.0 Å². The third-order valence-electron chi connectivity index (χ3n) is 6.43. The SMILES string of the molecule is O=S(=O)(c1ccc2c(c1)CCC2)N1CC[C@H](n2c(-c3ccoc3)nc3cccnc32)C1. The molecule has 3 aromatic heterocycles. The number of aryl methyl sites for hydroxylation is 2. The van der Waals surface area contributed by atoms with Crippen molar-refractivity contribution in [2.45, 2.75) is 36.6 Å². The first-order chi connectivity index (χ1) is 15.1. The van der Waals surface area contributed by atoms with E-state index >= 15 is 0 Å². The quantitative estimate of drug-likeness (QED) is 0.488. The molecule has 31 heavy (non-hydrogen) atoms. The van der Waals surface area contributed by atoms with E-state index in [1.54, 1.807) is 29.1 Å². The van der Waals surface area contributed by atoms with Gasteiger partial charge in [0, 0.05) is 19.3 Å². The standard InChI is InChI=1S/C23H22N4O3S/c28-31(29,20-7-6-16-3-1-4-17(16)13-20)26-11-8-19(14-26)27-22(18-9-12-30-15-18)25-21-5-2-10-24-23(21)27/h2,5-7,9-10,12-13,15,19H,1,3-4,8,11,14H2/t19-/m0/s1. The van der Waals surface area contributed by atoms with Crippen molar-refractivity contribution in [3.05, 3.63) is 66.2 Å². The van der Waals surface area contributed by atoms with Crippen molar-refractivity contribution in [1.82, 2.24) is 18.8 Å². The molecule has 2 aliphatic rings. The Bertz CT molecular complexity index is 1380. The summed E-state index contributed by atoms with van der Waals surface area (Å²) in [5, 5.41) is 0. The maximum Gasteiger partial charge on any atom is 0.243 e. The minimum atomic E-state index is -3.54. The summed E-state index contributed by atoms with van der Waals surface area (Å²) in [4.78, 5) is 9.70. The molecule has 0 saturated carbocycles. The number of furan rings is 1. The van der Waals surface area contributed by atoms with E-state index in [1.165, 1.54) is 11.1 Å². The fourth-order valence-corrected chi connectivity index (χ4v) is 6.41. The summed E-state index contributed by atoms with van der Waals surface area (Å²) >= 11 is 0. The molecule has 1 aromatic carbocycles. The summed E-state index contributed by atoms with van der Waals surface area (Å²) < 4.78 is 35.7. The van der Waals surface area contributed by atoms with Crippen LogP contribution in [0.1, 0.15) is 30.0 Å². The van der Waals surface area contributed by atoms with Gasteiger partial charge in [-0.25, -0.2) is 18.4 Å². The molecule has 0 amide bonds. The van der Waals surface area contributed by atoms with Gasteiger partial charge in [0.15, 0.2) is 5.65 Å². The lowest BCUT2D eigenvalue weighted by Gasteiger charge is -2.19. The number of rotatable bonds is 4. The van der Waals surface area contributed by atoms with E-state index in [2.05, 4.69) is 9.55 Å². The van der Waals surface area contributed by atoms with Gasteiger partial charge < -0.3 is 8.98 Å². The molecule has 4 aromatic rings. The summed E-state index contributed by atoms with van der Waals surface area (Å²) in [5.41, 5.74) is 4.86. The number of benzene rings is 1. The van der Waals surface area contributed by atoms with Crippen molar-refractivity contribution in [2.75, 3.05) is 13.1 Å². The van der Waals surface area contributed by atoms with Crippen LogP contribution in [0.5, 0.6) is 0 Å². The number of fused-ring (bicyclic) bond motifs is 2. The van der Waals surface area contributed by atoms with E-state index in [9.17, 15) is 8.42 Å². The largest absolute Gasteiger partial charge is 0.472 e. The first-order valence-corrected chi connectivity index (χ1v) is 12.0. The van der Waals surface area contributed by atoms with Crippen LogP contribution in [-0.2, 0) is 22.9 Å². The monoisotopic (exact) mass is 434 g/mol. The van der Waals surface area contributed by atoms with Crippen LogP contribution < -0.4 is 0 Å². The van der Waals surface area contributed by atoms with Crippen LogP contribution in [0.4, 0.5) is 0 Å². The molecule has 1 atom stereocenters. The molecule has 6 rings (SSSR count). The summed E-state index contributed by atoms with van der Waals surface area (Å²) in [7, 11) is -3.54. The second kappa shape index (κ2) is 7.03. The van der Waals surface area contributed by atoms with Gasteiger partial charge in [-0.3, -0.25) is 0 Å². The molecule has 4 heterocycles. The Morgan fingerprint density at radius 2 is 2.00 bits per heavy atom. The molecule has 0 spiro atoms. The predicted octanol–water partition coefficient (Wildman–Crippen LogP) is 3.82. The van der Waals surface area contributed by atoms with Crippen LogP contribution in [0.2, 0.25) is 0 Å². The van der Waals surface area contributed by atoms with E-state index in [4.69, 9.17) is 9.40 Å². The average Bonchev–Trinajstić information content (AvgIpc) is 3.58. The molecule has 1 aliphatic carbocycles. The predicted molar refractivity (Wildman–Crippen MR) is 116 cm³/mol. The van der Waals surface area contributed by atoms with E-state index < -0.39 is 10.0 Å². The van der Waals surface area contributed by atoms with E-state index in [1.807, 2.05) is 30.3 Å². The molecule has 1 saturated heterocycles. The number of pyridine rings is 1. The number of sulfonamides is 1. The van der Waals surface area contributed by atoms with Crippen molar-refractivity contribution >= 4 is 21.2 Å². The maximum atomic E-state index is 13.4. The highest BCUT2D eigenvalue weighted by Gasteiger charge is 2.35. The van der Waals surface area contributed by atoms with E-state index in [-0.39, 0.29) is 6.04 Å². The Morgan fingerprint density at radius 1 is 1.10 bits per heavy atom. The molecular weight excluding hydrogens is 412 g/mol. The fraction of sp³-hybridized carbons (Fsp3) is 0.304. The molecule has 158 valence electrons. The van der Waals surface area contributed by atoms with Crippen LogP contribution in [0.15, 0.2) is 64.4 Å². The summed E-state index contributed by atoms with van der Waals surface area (Å²) in [6.07, 6.45) is 8.82. The second-order valence-corrected chi connectivity index (χ2v) is 10.2. The Morgan fingerprint density at radius 3 is 2.87 bits per heavy atom. The van der Waals surface area contributed by atoms with Crippen LogP contribution >= 0.6 is 0 Å². The zero-order valence-electron chi connectivity index (χ0n) is 16.9. The van der Waals surface area contributed by atoms with Crippen LogP contribution in [0, 0.1) is 0 Å². The van der Waals surface area contributed by atoms with Gasteiger partial charge in [0.1, 0.15) is 17.6 Å². The molecule has 1 fully saturated rings. The van der Waals surface area contributed by atoms with Crippen molar-refractivity contribution < 1.29 is 12.8 Å². The van der Waals surface area contributed by atoms with Crippen molar-refractivity contribution in [3.63, 3.8) is 0 Å². The Balaban J connectivity index is 1.36. The van der Waals surface area contributed by atoms with Gasteiger partial charge >= 0.3 is 0 Å². The van der Waals surface area contributed by atoms with Gasteiger partial charge in [-0.15, -0.1) is 0 Å². The normalized spacial score (nSPS) is 19.3. The molecule has 0 unspecified atom stereocenters. The number of imidazole rings is 1. The average molecular weight is 435 g/mol. The lowest BCUT2D eigenvalue weighted by atomic mass is 10.1.